The van der Waals surface area contributed by atoms with E-state index in [1.807, 2.05) is 24.3 Å². The molecule has 0 saturated carbocycles. The fourth-order valence-electron chi connectivity index (χ4n) is 3.18. The Hall–Kier alpha value is -2.07. The molecular weight excluding hydrogens is 481 g/mol. The van der Waals surface area contributed by atoms with E-state index < -0.39 is 0 Å². The highest BCUT2D eigenvalue weighted by Crippen LogP contribution is 2.19. The lowest BCUT2D eigenvalue weighted by molar-refractivity contribution is 0.169. The number of guanidine groups is 1. The molecule has 0 atom stereocenters. The topological polar surface area (TPSA) is 66.1 Å². The number of halogens is 1. The SMILES string of the molecule is C=CCOc1ccccc1CN=C(NCC)N1CCN(Cc2ccon2)CC1.I. The maximum atomic E-state index is 5.75. The van der Waals surface area contributed by atoms with Crippen molar-refractivity contribution in [3.05, 3.63) is 60.5 Å². The van der Waals surface area contributed by atoms with Gasteiger partial charge in [-0.05, 0) is 13.0 Å². The first kappa shape index (κ1) is 23.2. The van der Waals surface area contributed by atoms with E-state index in [1.54, 1.807) is 12.3 Å². The zero-order valence-corrected chi connectivity index (χ0v) is 19.2. The summed E-state index contributed by atoms with van der Waals surface area (Å²) in [5.41, 5.74) is 2.05. The summed E-state index contributed by atoms with van der Waals surface area (Å²) in [7, 11) is 0. The highest BCUT2D eigenvalue weighted by atomic mass is 127. The molecule has 0 spiro atoms. The third kappa shape index (κ3) is 7.04. The summed E-state index contributed by atoms with van der Waals surface area (Å²) in [5.74, 6) is 1.81. The molecule has 2 heterocycles. The number of aliphatic imine (C=N–C) groups is 1. The fourth-order valence-corrected chi connectivity index (χ4v) is 3.18. The molecule has 1 aliphatic heterocycles. The largest absolute Gasteiger partial charge is 0.489 e. The van der Waals surface area contributed by atoms with Gasteiger partial charge in [-0.2, -0.15) is 0 Å². The van der Waals surface area contributed by atoms with Crippen molar-refractivity contribution in [2.24, 2.45) is 4.99 Å². The van der Waals surface area contributed by atoms with Gasteiger partial charge in [-0.15, -0.1) is 24.0 Å². The minimum Gasteiger partial charge on any atom is -0.489 e. The lowest BCUT2D eigenvalue weighted by atomic mass is 10.2. The normalized spacial score (nSPS) is 14.9. The van der Waals surface area contributed by atoms with Crippen LogP contribution in [0.2, 0.25) is 0 Å². The Balaban J connectivity index is 0.00000300. The van der Waals surface area contributed by atoms with E-state index in [2.05, 4.69) is 39.8 Å². The minimum atomic E-state index is 0. The van der Waals surface area contributed by atoms with Gasteiger partial charge in [-0.3, -0.25) is 4.90 Å². The monoisotopic (exact) mass is 511 g/mol. The van der Waals surface area contributed by atoms with Crippen LogP contribution in [-0.4, -0.2) is 60.2 Å². The average Bonchev–Trinajstić information content (AvgIpc) is 3.24. The van der Waals surface area contributed by atoms with Crippen LogP contribution < -0.4 is 10.1 Å². The first-order chi connectivity index (χ1) is 13.8. The van der Waals surface area contributed by atoms with Crippen LogP contribution in [0.1, 0.15) is 18.2 Å². The predicted molar refractivity (Wildman–Crippen MR) is 126 cm³/mol. The first-order valence-corrected chi connectivity index (χ1v) is 9.76. The van der Waals surface area contributed by atoms with Crippen LogP contribution in [0, 0.1) is 0 Å². The van der Waals surface area contributed by atoms with E-state index in [1.165, 1.54) is 0 Å². The van der Waals surface area contributed by atoms with Crippen molar-refractivity contribution in [3.8, 4) is 5.75 Å². The van der Waals surface area contributed by atoms with Gasteiger partial charge in [0.05, 0.1) is 12.2 Å². The van der Waals surface area contributed by atoms with Gasteiger partial charge in [-0.25, -0.2) is 4.99 Å². The maximum absolute atomic E-state index is 5.75. The number of ether oxygens (including phenoxy) is 1. The number of hydrogen-bond donors (Lipinski definition) is 1. The van der Waals surface area contributed by atoms with Gasteiger partial charge in [0.1, 0.15) is 18.6 Å². The Kier molecular flexibility index (Phi) is 9.99. The van der Waals surface area contributed by atoms with Crippen molar-refractivity contribution < 1.29 is 9.26 Å². The number of hydrogen-bond acceptors (Lipinski definition) is 5. The molecule has 0 bridgehead atoms. The number of nitrogens with one attached hydrogen (secondary N) is 1. The number of piperazine rings is 1. The lowest BCUT2D eigenvalue weighted by Gasteiger charge is -2.36. The lowest BCUT2D eigenvalue weighted by Crippen LogP contribution is -2.52. The van der Waals surface area contributed by atoms with Gasteiger partial charge in [0.25, 0.3) is 0 Å². The van der Waals surface area contributed by atoms with Crippen LogP contribution in [0.25, 0.3) is 0 Å². The van der Waals surface area contributed by atoms with Crippen LogP contribution in [0.3, 0.4) is 0 Å². The molecular formula is C21H30IN5O2. The molecule has 0 aliphatic carbocycles. The second-order valence-corrected chi connectivity index (χ2v) is 6.63. The molecule has 8 heteroatoms. The number of para-hydroxylation sites is 1. The highest BCUT2D eigenvalue weighted by Gasteiger charge is 2.20. The molecule has 1 aromatic carbocycles. The fraction of sp³-hybridized carbons (Fsp3) is 0.429. The van der Waals surface area contributed by atoms with Crippen molar-refractivity contribution in [2.45, 2.75) is 20.0 Å². The molecule has 2 aromatic rings. The average molecular weight is 511 g/mol. The molecule has 1 fully saturated rings. The van der Waals surface area contributed by atoms with Crippen LogP contribution in [0.4, 0.5) is 0 Å². The van der Waals surface area contributed by atoms with Crippen molar-refractivity contribution in [3.63, 3.8) is 0 Å². The second-order valence-electron chi connectivity index (χ2n) is 6.63. The molecule has 3 rings (SSSR count). The minimum absolute atomic E-state index is 0. The summed E-state index contributed by atoms with van der Waals surface area (Å²) < 4.78 is 10.7. The van der Waals surface area contributed by atoms with E-state index in [-0.39, 0.29) is 24.0 Å². The second kappa shape index (κ2) is 12.5. The summed E-state index contributed by atoms with van der Waals surface area (Å²) in [4.78, 5) is 9.56. The first-order valence-electron chi connectivity index (χ1n) is 9.76. The van der Waals surface area contributed by atoms with E-state index in [9.17, 15) is 0 Å². The van der Waals surface area contributed by atoms with E-state index in [4.69, 9.17) is 14.3 Å². The molecule has 0 unspecified atom stereocenters. The van der Waals surface area contributed by atoms with Crippen molar-refractivity contribution in [2.75, 3.05) is 39.3 Å². The Morgan fingerprint density at radius 2 is 2.07 bits per heavy atom. The van der Waals surface area contributed by atoms with E-state index >= 15 is 0 Å². The number of nitrogens with zero attached hydrogens (tertiary/aromatic N) is 4. The molecule has 1 aliphatic rings. The van der Waals surface area contributed by atoms with Gasteiger partial charge >= 0.3 is 0 Å². The summed E-state index contributed by atoms with van der Waals surface area (Å²) in [6, 6.07) is 9.95. The van der Waals surface area contributed by atoms with Gasteiger partial charge in [0.2, 0.25) is 0 Å². The maximum Gasteiger partial charge on any atom is 0.194 e. The molecule has 0 amide bonds. The molecule has 0 radical (unpaired) electrons. The summed E-state index contributed by atoms with van der Waals surface area (Å²) in [6.45, 7) is 12.3. The molecule has 1 aromatic heterocycles. The highest BCUT2D eigenvalue weighted by molar-refractivity contribution is 14.0. The Morgan fingerprint density at radius 3 is 2.76 bits per heavy atom. The van der Waals surface area contributed by atoms with Gasteiger partial charge in [-0.1, -0.05) is 36.0 Å². The molecule has 29 heavy (non-hydrogen) atoms. The number of aromatic nitrogens is 1. The van der Waals surface area contributed by atoms with Crippen molar-refractivity contribution in [1.29, 1.82) is 0 Å². The van der Waals surface area contributed by atoms with Crippen LogP contribution in [0.5, 0.6) is 5.75 Å². The summed E-state index contributed by atoms with van der Waals surface area (Å²) >= 11 is 0. The zero-order valence-electron chi connectivity index (χ0n) is 16.9. The summed E-state index contributed by atoms with van der Waals surface area (Å²) in [5, 5.41) is 7.42. The van der Waals surface area contributed by atoms with Crippen LogP contribution in [-0.2, 0) is 13.1 Å². The Morgan fingerprint density at radius 1 is 1.28 bits per heavy atom. The van der Waals surface area contributed by atoms with E-state index in [0.29, 0.717) is 13.2 Å². The zero-order chi connectivity index (χ0) is 19.6. The quantitative estimate of drug-likeness (QED) is 0.254. The van der Waals surface area contributed by atoms with E-state index in [0.717, 1.165) is 62.2 Å². The van der Waals surface area contributed by atoms with Gasteiger partial charge < -0.3 is 19.5 Å². The van der Waals surface area contributed by atoms with Gasteiger partial charge in [0, 0.05) is 50.9 Å². The third-order valence-electron chi connectivity index (χ3n) is 4.61. The Labute approximate surface area is 189 Å². The molecule has 1 N–H and O–H groups in total. The summed E-state index contributed by atoms with van der Waals surface area (Å²) in [6.07, 6.45) is 3.38. The van der Waals surface area contributed by atoms with Crippen molar-refractivity contribution >= 4 is 29.9 Å². The predicted octanol–water partition coefficient (Wildman–Crippen LogP) is 3.14. The molecule has 1 saturated heterocycles. The molecule has 158 valence electrons. The van der Waals surface area contributed by atoms with Crippen LogP contribution in [0.15, 0.2) is 58.8 Å². The standard InChI is InChI=1S/C21H29N5O2.HI/c1-3-14-27-20-8-6-5-7-18(20)16-23-21(22-4-2)26-12-10-25(11-13-26)17-19-9-15-28-24-19;/h3,5-9,15H,1,4,10-14,16-17H2,2H3,(H,22,23);1H. The Bertz CT molecular complexity index is 758. The number of rotatable bonds is 8. The van der Waals surface area contributed by atoms with Crippen LogP contribution >= 0.6 is 24.0 Å². The smallest absolute Gasteiger partial charge is 0.194 e. The van der Waals surface area contributed by atoms with Crippen molar-refractivity contribution in [1.82, 2.24) is 20.3 Å². The molecule has 7 nitrogen and oxygen atoms in total. The number of benzene rings is 1. The third-order valence-corrected chi connectivity index (χ3v) is 4.61. The van der Waals surface area contributed by atoms with Gasteiger partial charge in [0.15, 0.2) is 5.96 Å².